The Bertz CT molecular complexity index is 625. The van der Waals surface area contributed by atoms with Gasteiger partial charge in [-0.2, -0.15) is 4.98 Å². The quantitative estimate of drug-likeness (QED) is 0.811. The molecule has 0 radical (unpaired) electrons. The number of rotatable bonds is 7. The van der Waals surface area contributed by atoms with Crippen LogP contribution in [0.25, 0.3) is 11.4 Å². The van der Waals surface area contributed by atoms with Crippen LogP contribution >= 0.6 is 0 Å². The van der Waals surface area contributed by atoms with Gasteiger partial charge in [-0.15, -0.1) is 0 Å². The zero-order chi connectivity index (χ0) is 15.9. The second kappa shape index (κ2) is 7.80. The van der Waals surface area contributed by atoms with Crippen molar-refractivity contribution in [1.29, 1.82) is 0 Å². The van der Waals surface area contributed by atoms with Crippen LogP contribution in [0.4, 0.5) is 0 Å². The lowest BCUT2D eigenvalue weighted by Gasteiger charge is -2.10. The van der Waals surface area contributed by atoms with Crippen molar-refractivity contribution >= 4 is 5.91 Å². The van der Waals surface area contributed by atoms with Gasteiger partial charge in [0.15, 0.2) is 0 Å². The Balaban J connectivity index is 1.39. The molecule has 122 valence electrons. The molecule has 1 atom stereocenters. The molecule has 1 aliphatic rings. The Kier molecular flexibility index (Phi) is 5.28. The van der Waals surface area contributed by atoms with Gasteiger partial charge in [0.2, 0.25) is 11.7 Å². The molecule has 0 aromatic carbocycles. The van der Waals surface area contributed by atoms with Crippen LogP contribution in [0, 0.1) is 0 Å². The molecule has 0 aliphatic carbocycles. The fraction of sp³-hybridized carbons (Fsp3) is 0.467. The maximum Gasteiger partial charge on any atom is 0.252 e. The highest BCUT2D eigenvalue weighted by molar-refractivity contribution is 5.77. The van der Waals surface area contributed by atoms with Gasteiger partial charge in [0, 0.05) is 31.1 Å². The molecule has 1 unspecified atom stereocenters. The van der Waals surface area contributed by atoms with Gasteiger partial charge in [0.05, 0.1) is 6.10 Å². The SMILES string of the molecule is O=C(COCc1nc(-c2cccnc2)no1)NCC1CCCO1. The van der Waals surface area contributed by atoms with E-state index < -0.39 is 0 Å². The molecule has 2 aromatic heterocycles. The van der Waals surface area contributed by atoms with Crippen LogP contribution in [0.1, 0.15) is 18.7 Å². The minimum absolute atomic E-state index is 0.0582. The van der Waals surface area contributed by atoms with Gasteiger partial charge in [0.25, 0.3) is 5.89 Å². The summed E-state index contributed by atoms with van der Waals surface area (Å²) in [5.41, 5.74) is 0.761. The number of hydrogen-bond donors (Lipinski definition) is 1. The Morgan fingerprint density at radius 1 is 1.48 bits per heavy atom. The van der Waals surface area contributed by atoms with Gasteiger partial charge in [-0.1, -0.05) is 5.16 Å². The largest absolute Gasteiger partial charge is 0.376 e. The van der Waals surface area contributed by atoms with E-state index in [-0.39, 0.29) is 25.2 Å². The fourth-order valence-corrected chi connectivity index (χ4v) is 2.24. The van der Waals surface area contributed by atoms with Crippen molar-refractivity contribution < 1.29 is 18.8 Å². The summed E-state index contributed by atoms with van der Waals surface area (Å²) in [5, 5.41) is 6.63. The molecule has 3 heterocycles. The van der Waals surface area contributed by atoms with Crippen LogP contribution in [0.15, 0.2) is 29.0 Å². The van der Waals surface area contributed by atoms with Gasteiger partial charge < -0.3 is 19.3 Å². The van der Waals surface area contributed by atoms with Crippen LogP contribution in [-0.4, -0.2) is 46.9 Å². The maximum atomic E-state index is 11.7. The van der Waals surface area contributed by atoms with E-state index in [4.69, 9.17) is 14.0 Å². The molecule has 2 aromatic rings. The summed E-state index contributed by atoms with van der Waals surface area (Å²) < 4.78 is 15.8. The molecular formula is C15H18N4O4. The average molecular weight is 318 g/mol. The lowest BCUT2D eigenvalue weighted by atomic mass is 10.2. The first-order chi connectivity index (χ1) is 11.3. The molecule has 23 heavy (non-hydrogen) atoms. The van der Waals surface area contributed by atoms with Gasteiger partial charge >= 0.3 is 0 Å². The fourth-order valence-electron chi connectivity index (χ4n) is 2.24. The summed E-state index contributed by atoms with van der Waals surface area (Å²) in [7, 11) is 0. The standard InChI is InChI=1S/C15H18N4O4/c20-13(17-8-12-4-2-6-22-12)9-21-10-14-18-15(19-23-14)11-3-1-5-16-7-11/h1,3,5,7,12H,2,4,6,8-10H2,(H,17,20). The van der Waals surface area contributed by atoms with Crippen LogP contribution in [0.3, 0.4) is 0 Å². The molecule has 1 N–H and O–H groups in total. The van der Waals surface area contributed by atoms with E-state index in [0.29, 0.717) is 18.3 Å². The monoisotopic (exact) mass is 318 g/mol. The molecule has 0 spiro atoms. The minimum Gasteiger partial charge on any atom is -0.376 e. The number of ether oxygens (including phenoxy) is 2. The van der Waals surface area contributed by atoms with Crippen LogP contribution in [0.2, 0.25) is 0 Å². The summed E-state index contributed by atoms with van der Waals surface area (Å²) in [5.74, 6) is 0.572. The molecule has 8 heteroatoms. The third-order valence-corrected chi connectivity index (χ3v) is 3.40. The normalized spacial score (nSPS) is 17.3. The average Bonchev–Trinajstić information content (AvgIpc) is 3.26. The number of nitrogens with zero attached hydrogens (tertiary/aromatic N) is 3. The number of nitrogens with one attached hydrogen (secondary N) is 1. The van der Waals surface area contributed by atoms with E-state index in [1.54, 1.807) is 18.5 Å². The topological polar surface area (TPSA) is 99.4 Å². The number of carbonyl (C=O) groups excluding carboxylic acids is 1. The van der Waals surface area contributed by atoms with Crippen molar-refractivity contribution in [2.45, 2.75) is 25.6 Å². The highest BCUT2D eigenvalue weighted by Crippen LogP contribution is 2.14. The molecular weight excluding hydrogens is 300 g/mol. The lowest BCUT2D eigenvalue weighted by molar-refractivity contribution is -0.126. The Morgan fingerprint density at radius 3 is 3.22 bits per heavy atom. The highest BCUT2D eigenvalue weighted by Gasteiger charge is 2.16. The van der Waals surface area contributed by atoms with E-state index in [1.807, 2.05) is 6.07 Å². The first kappa shape index (κ1) is 15.6. The number of hydrogen-bond acceptors (Lipinski definition) is 7. The summed E-state index contributed by atoms with van der Waals surface area (Å²) >= 11 is 0. The van der Waals surface area contributed by atoms with Crippen molar-refractivity contribution in [1.82, 2.24) is 20.4 Å². The summed E-state index contributed by atoms with van der Waals surface area (Å²) in [4.78, 5) is 19.8. The predicted molar refractivity (Wildman–Crippen MR) is 79.2 cm³/mol. The number of aromatic nitrogens is 3. The third-order valence-electron chi connectivity index (χ3n) is 3.40. The summed E-state index contributed by atoms with van der Waals surface area (Å²) in [6, 6.07) is 3.63. The zero-order valence-electron chi connectivity index (χ0n) is 12.6. The first-order valence-electron chi connectivity index (χ1n) is 7.50. The van der Waals surface area contributed by atoms with E-state index in [9.17, 15) is 4.79 Å². The molecule has 1 saturated heterocycles. The molecule has 0 saturated carbocycles. The van der Waals surface area contributed by atoms with E-state index in [1.165, 1.54) is 0 Å². The Labute approximate surface area is 133 Å². The van der Waals surface area contributed by atoms with Gasteiger partial charge in [-0.3, -0.25) is 9.78 Å². The molecule has 0 bridgehead atoms. The number of amides is 1. The molecule has 1 amide bonds. The van der Waals surface area contributed by atoms with Crippen molar-refractivity contribution in [2.24, 2.45) is 0 Å². The number of pyridine rings is 1. The molecule has 1 fully saturated rings. The highest BCUT2D eigenvalue weighted by atomic mass is 16.5. The zero-order valence-corrected chi connectivity index (χ0v) is 12.6. The molecule has 3 rings (SSSR count). The number of carbonyl (C=O) groups is 1. The summed E-state index contributed by atoms with van der Waals surface area (Å²) in [6.07, 6.45) is 5.47. The van der Waals surface area contributed by atoms with Crippen molar-refractivity contribution in [3.05, 3.63) is 30.4 Å². The van der Waals surface area contributed by atoms with E-state index in [0.717, 1.165) is 25.0 Å². The molecule has 8 nitrogen and oxygen atoms in total. The smallest absolute Gasteiger partial charge is 0.252 e. The van der Waals surface area contributed by atoms with Gasteiger partial charge in [-0.25, -0.2) is 0 Å². The van der Waals surface area contributed by atoms with Crippen molar-refractivity contribution in [3.8, 4) is 11.4 Å². The predicted octanol–water partition coefficient (Wildman–Crippen LogP) is 0.943. The van der Waals surface area contributed by atoms with Crippen LogP contribution in [-0.2, 0) is 20.9 Å². The Hall–Kier alpha value is -2.32. The van der Waals surface area contributed by atoms with E-state index in [2.05, 4.69) is 20.4 Å². The lowest BCUT2D eigenvalue weighted by Crippen LogP contribution is -2.34. The minimum atomic E-state index is -0.188. The second-order valence-electron chi connectivity index (χ2n) is 5.19. The van der Waals surface area contributed by atoms with Crippen LogP contribution in [0.5, 0.6) is 0 Å². The van der Waals surface area contributed by atoms with Crippen LogP contribution < -0.4 is 5.32 Å². The van der Waals surface area contributed by atoms with Crippen molar-refractivity contribution in [3.63, 3.8) is 0 Å². The van der Waals surface area contributed by atoms with Gasteiger partial charge in [-0.05, 0) is 25.0 Å². The Morgan fingerprint density at radius 2 is 2.43 bits per heavy atom. The summed E-state index contributed by atoms with van der Waals surface area (Å²) in [6.45, 7) is 1.32. The third kappa shape index (κ3) is 4.57. The second-order valence-corrected chi connectivity index (χ2v) is 5.19. The maximum absolute atomic E-state index is 11.7. The first-order valence-corrected chi connectivity index (χ1v) is 7.50. The van der Waals surface area contributed by atoms with Crippen molar-refractivity contribution in [2.75, 3.05) is 19.8 Å². The van der Waals surface area contributed by atoms with Gasteiger partial charge in [0.1, 0.15) is 13.2 Å². The van der Waals surface area contributed by atoms with E-state index >= 15 is 0 Å². The molecule has 1 aliphatic heterocycles.